The number of hydrogen-bond acceptors (Lipinski definition) is 7. The highest BCUT2D eigenvalue weighted by molar-refractivity contribution is 7.99. The Morgan fingerprint density at radius 1 is 1.34 bits per heavy atom. The minimum Gasteiger partial charge on any atom is -0.461 e. The van der Waals surface area contributed by atoms with Crippen molar-refractivity contribution in [1.82, 2.24) is 19.7 Å². The molecule has 152 valence electrons. The summed E-state index contributed by atoms with van der Waals surface area (Å²) in [7, 11) is 0. The fraction of sp³-hybridized carbons (Fsp3) is 0.235. The Kier molecular flexibility index (Phi) is 6.78. The molecule has 0 aromatic carbocycles. The number of carbonyl (C=O) groups excluding carboxylic acids is 2. The van der Waals surface area contributed by atoms with Crippen LogP contribution < -0.4 is 11.1 Å². The molecule has 12 heteroatoms. The fourth-order valence-corrected chi connectivity index (χ4v) is 3.50. The number of nitrogens with one attached hydrogen (secondary N) is 1. The Labute approximate surface area is 180 Å². The van der Waals surface area contributed by atoms with Gasteiger partial charge in [0.25, 0.3) is 0 Å². The minimum absolute atomic E-state index is 0.0204. The maximum absolute atomic E-state index is 12.3. The van der Waals surface area contributed by atoms with Crippen LogP contribution in [-0.4, -0.2) is 37.3 Å². The number of furan rings is 1. The molecule has 0 aliphatic heterocycles. The molecule has 0 aliphatic rings. The zero-order valence-electron chi connectivity index (χ0n) is 15.2. The zero-order chi connectivity index (χ0) is 21.0. The van der Waals surface area contributed by atoms with Gasteiger partial charge in [-0.3, -0.25) is 14.2 Å². The summed E-state index contributed by atoms with van der Waals surface area (Å²) >= 11 is 13.3. The van der Waals surface area contributed by atoms with Gasteiger partial charge < -0.3 is 15.5 Å². The number of nitrogens with zero attached hydrogens (tertiary/aromatic N) is 4. The van der Waals surface area contributed by atoms with Crippen LogP contribution in [0.15, 0.2) is 34.2 Å². The van der Waals surface area contributed by atoms with E-state index in [2.05, 4.69) is 20.5 Å². The summed E-state index contributed by atoms with van der Waals surface area (Å²) in [5.74, 6) is 0.382. The Bertz CT molecular complexity index is 1040. The lowest BCUT2D eigenvalue weighted by Crippen LogP contribution is -2.17. The number of thioether (sulfide) groups is 1. The number of hydrogen-bond donors (Lipinski definition) is 2. The minimum atomic E-state index is -0.461. The van der Waals surface area contributed by atoms with E-state index in [-0.39, 0.29) is 35.5 Å². The average molecular weight is 455 g/mol. The first-order valence-electron chi connectivity index (χ1n) is 8.35. The van der Waals surface area contributed by atoms with Crippen LogP contribution in [0.5, 0.6) is 0 Å². The van der Waals surface area contributed by atoms with Crippen LogP contribution in [-0.2, 0) is 16.1 Å². The van der Waals surface area contributed by atoms with Crippen LogP contribution in [0.25, 0.3) is 11.6 Å². The van der Waals surface area contributed by atoms with Gasteiger partial charge in [0.15, 0.2) is 22.6 Å². The van der Waals surface area contributed by atoms with Crippen LogP contribution in [0.4, 0.5) is 5.82 Å². The molecular weight excluding hydrogens is 439 g/mol. The predicted octanol–water partition coefficient (Wildman–Crippen LogP) is 3.15. The van der Waals surface area contributed by atoms with Crippen LogP contribution in [0.1, 0.15) is 12.0 Å². The van der Waals surface area contributed by atoms with Crippen molar-refractivity contribution in [2.75, 3.05) is 11.1 Å². The molecule has 9 nitrogen and oxygen atoms in total. The first-order valence-corrected chi connectivity index (χ1v) is 10.1. The third-order valence-electron chi connectivity index (χ3n) is 3.83. The van der Waals surface area contributed by atoms with Crippen LogP contribution in [0.3, 0.4) is 0 Å². The van der Waals surface area contributed by atoms with Crippen LogP contribution in [0.2, 0.25) is 10.0 Å². The van der Waals surface area contributed by atoms with Crippen LogP contribution >= 0.6 is 35.0 Å². The molecule has 0 atom stereocenters. The molecule has 3 heterocycles. The Morgan fingerprint density at radius 3 is 2.83 bits per heavy atom. The third kappa shape index (κ3) is 5.08. The molecule has 0 radical (unpaired) electrons. The van der Waals surface area contributed by atoms with E-state index in [0.717, 1.165) is 11.8 Å². The molecule has 2 amide bonds. The van der Waals surface area contributed by atoms with Gasteiger partial charge in [0, 0.05) is 19.2 Å². The summed E-state index contributed by atoms with van der Waals surface area (Å²) in [6.07, 6.45) is 3.02. The van der Waals surface area contributed by atoms with Gasteiger partial charge >= 0.3 is 0 Å². The number of rotatable bonds is 8. The van der Waals surface area contributed by atoms with Crippen molar-refractivity contribution in [2.24, 2.45) is 5.73 Å². The Morgan fingerprint density at radius 2 is 2.14 bits per heavy atom. The van der Waals surface area contributed by atoms with Crippen molar-refractivity contribution >= 4 is 52.6 Å². The Balaban J connectivity index is 1.72. The lowest BCUT2D eigenvalue weighted by atomic mass is 10.3. The molecule has 0 saturated heterocycles. The SMILES string of the molecule is Cc1c(Cl)cnc(NC(=O)CSc2nnc(-c3ccco3)n2CCC(N)=O)c1Cl. The van der Waals surface area contributed by atoms with Gasteiger partial charge in [-0.05, 0) is 24.6 Å². The van der Waals surface area contributed by atoms with E-state index < -0.39 is 5.91 Å². The second-order valence-corrected chi connectivity index (χ2v) is 7.61. The molecule has 3 aromatic heterocycles. The molecule has 3 N–H and O–H groups in total. The zero-order valence-corrected chi connectivity index (χ0v) is 17.5. The van der Waals surface area contributed by atoms with Crippen molar-refractivity contribution in [3.05, 3.63) is 40.2 Å². The van der Waals surface area contributed by atoms with Crippen molar-refractivity contribution in [3.8, 4) is 11.6 Å². The highest BCUT2D eigenvalue weighted by Gasteiger charge is 2.18. The number of nitrogens with two attached hydrogens (primary N) is 1. The van der Waals surface area contributed by atoms with E-state index in [1.807, 2.05) is 0 Å². The largest absolute Gasteiger partial charge is 0.461 e. The number of pyridine rings is 1. The first-order chi connectivity index (χ1) is 13.9. The van der Waals surface area contributed by atoms with Gasteiger partial charge in [0.05, 0.1) is 22.1 Å². The molecule has 0 unspecified atom stereocenters. The van der Waals surface area contributed by atoms with Crippen molar-refractivity contribution < 1.29 is 14.0 Å². The smallest absolute Gasteiger partial charge is 0.236 e. The molecule has 29 heavy (non-hydrogen) atoms. The summed E-state index contributed by atoms with van der Waals surface area (Å²) < 4.78 is 7.04. The highest BCUT2D eigenvalue weighted by atomic mass is 35.5. The molecule has 3 rings (SSSR count). The lowest BCUT2D eigenvalue weighted by Gasteiger charge is -2.10. The third-order valence-corrected chi connectivity index (χ3v) is 5.64. The number of carbonyl (C=O) groups is 2. The van der Waals surface area contributed by atoms with E-state index in [1.165, 1.54) is 12.5 Å². The number of amides is 2. The Hall–Kier alpha value is -2.56. The molecule has 0 saturated carbocycles. The summed E-state index contributed by atoms with van der Waals surface area (Å²) in [4.78, 5) is 27.6. The summed E-state index contributed by atoms with van der Waals surface area (Å²) in [6, 6.07) is 3.44. The maximum Gasteiger partial charge on any atom is 0.236 e. The molecule has 0 aliphatic carbocycles. The van der Waals surface area contributed by atoms with Gasteiger partial charge in [-0.25, -0.2) is 4.98 Å². The van der Waals surface area contributed by atoms with Gasteiger partial charge in [-0.1, -0.05) is 35.0 Å². The molecule has 3 aromatic rings. The van der Waals surface area contributed by atoms with E-state index >= 15 is 0 Å². The van der Waals surface area contributed by atoms with E-state index in [4.69, 9.17) is 33.4 Å². The second-order valence-electron chi connectivity index (χ2n) is 5.88. The van der Waals surface area contributed by atoms with Gasteiger partial charge in [0.2, 0.25) is 11.8 Å². The summed E-state index contributed by atoms with van der Waals surface area (Å²) in [6.45, 7) is 1.99. The lowest BCUT2D eigenvalue weighted by molar-refractivity contribution is -0.118. The predicted molar refractivity (Wildman–Crippen MR) is 110 cm³/mol. The van der Waals surface area contributed by atoms with E-state index in [0.29, 0.717) is 27.3 Å². The summed E-state index contributed by atoms with van der Waals surface area (Å²) in [5.41, 5.74) is 5.88. The molecule has 0 spiro atoms. The van der Waals surface area contributed by atoms with Gasteiger partial charge in [0.1, 0.15) is 0 Å². The standard InChI is InChI=1S/C17H16Cl2N6O3S/c1-9-10(18)7-21-15(14(9)19)22-13(27)8-29-17-24-23-16(11-3-2-6-28-11)25(17)5-4-12(20)26/h2-3,6-7H,4-5,8H2,1H3,(H2,20,26)(H,21,22,27). The quantitative estimate of drug-likeness (QED) is 0.499. The van der Waals surface area contributed by atoms with E-state index in [1.54, 1.807) is 23.6 Å². The fourth-order valence-electron chi connectivity index (χ4n) is 2.35. The summed E-state index contributed by atoms with van der Waals surface area (Å²) in [5, 5.41) is 12.0. The molecular formula is C17H16Cl2N6O3S. The van der Waals surface area contributed by atoms with E-state index in [9.17, 15) is 9.59 Å². The monoisotopic (exact) mass is 454 g/mol. The number of halogens is 2. The average Bonchev–Trinajstić information content (AvgIpc) is 3.34. The number of anilines is 1. The number of aromatic nitrogens is 4. The van der Waals surface area contributed by atoms with Crippen molar-refractivity contribution in [1.29, 1.82) is 0 Å². The molecule has 0 fully saturated rings. The van der Waals surface area contributed by atoms with Crippen molar-refractivity contribution in [2.45, 2.75) is 25.0 Å². The van der Waals surface area contributed by atoms with Crippen molar-refractivity contribution in [3.63, 3.8) is 0 Å². The topological polar surface area (TPSA) is 129 Å². The normalized spacial score (nSPS) is 10.9. The first kappa shape index (κ1) is 21.2. The number of primary amides is 1. The molecule has 0 bridgehead atoms. The highest BCUT2D eigenvalue weighted by Crippen LogP contribution is 2.29. The van der Waals surface area contributed by atoms with Crippen LogP contribution in [0, 0.1) is 6.92 Å². The maximum atomic E-state index is 12.3. The van der Waals surface area contributed by atoms with Gasteiger partial charge in [-0.15, -0.1) is 10.2 Å². The van der Waals surface area contributed by atoms with Gasteiger partial charge in [-0.2, -0.15) is 0 Å². The second kappa shape index (κ2) is 9.29.